The third-order valence-electron chi connectivity index (χ3n) is 5.23. The van der Waals surface area contributed by atoms with Gasteiger partial charge in [0.05, 0.1) is 5.69 Å². The maximum atomic E-state index is 12.4. The second-order valence-corrected chi connectivity index (χ2v) is 7.12. The molecular formula is C19H27N3O5. The van der Waals surface area contributed by atoms with Crippen LogP contribution in [0.15, 0.2) is 16.0 Å². The van der Waals surface area contributed by atoms with Crippen LogP contribution in [0.3, 0.4) is 0 Å². The highest BCUT2D eigenvalue weighted by molar-refractivity contribution is 5.92. The molecule has 2 heterocycles. The first-order valence-corrected chi connectivity index (χ1v) is 9.42. The second kappa shape index (κ2) is 8.45. The van der Waals surface area contributed by atoms with Crippen LogP contribution in [0.2, 0.25) is 0 Å². The van der Waals surface area contributed by atoms with Gasteiger partial charge in [0.1, 0.15) is 24.7 Å². The number of amides is 2. The molecule has 8 nitrogen and oxygen atoms in total. The summed E-state index contributed by atoms with van der Waals surface area (Å²) in [5, 5.41) is 9.87. The smallest absolute Gasteiger partial charge is 0.290 e. The van der Waals surface area contributed by atoms with E-state index in [0.717, 1.165) is 42.7 Å². The molecule has 2 N–H and O–H groups in total. The fourth-order valence-electron chi connectivity index (χ4n) is 3.56. The highest BCUT2D eigenvalue weighted by atomic mass is 16.6. The minimum absolute atomic E-state index is 0.0335. The number of aromatic nitrogens is 1. The largest absolute Gasteiger partial charge is 0.491 e. The number of allylic oxidation sites excluding steroid dienone is 1. The molecule has 1 aromatic heterocycles. The normalized spacial score (nSPS) is 22.6. The Kier molecular flexibility index (Phi) is 6.03. The summed E-state index contributed by atoms with van der Waals surface area (Å²) in [6.45, 7) is 6.72. The predicted molar refractivity (Wildman–Crippen MR) is 96.3 cm³/mol. The van der Waals surface area contributed by atoms with Crippen LogP contribution in [-0.4, -0.2) is 36.2 Å². The zero-order valence-corrected chi connectivity index (χ0v) is 16.1. The highest BCUT2D eigenvalue weighted by Gasteiger charge is 2.29. The fraction of sp³-hybridized carbons (Fsp3) is 0.632. The predicted octanol–water partition coefficient (Wildman–Crippen LogP) is 1.86. The molecule has 0 unspecified atom stereocenters. The Bertz CT molecular complexity index is 712. The molecule has 1 aliphatic heterocycles. The van der Waals surface area contributed by atoms with Gasteiger partial charge in [-0.05, 0) is 46.5 Å². The number of rotatable bonds is 5. The summed E-state index contributed by atoms with van der Waals surface area (Å²) in [6.07, 6.45) is 3.02. The van der Waals surface area contributed by atoms with Gasteiger partial charge in [-0.25, -0.2) is 0 Å². The number of nitrogens with one attached hydrogen (secondary N) is 2. The van der Waals surface area contributed by atoms with Crippen molar-refractivity contribution in [3.63, 3.8) is 0 Å². The van der Waals surface area contributed by atoms with Gasteiger partial charge >= 0.3 is 0 Å². The van der Waals surface area contributed by atoms with Crippen LogP contribution in [0, 0.1) is 19.8 Å². The van der Waals surface area contributed by atoms with Gasteiger partial charge in [-0.1, -0.05) is 5.16 Å². The van der Waals surface area contributed by atoms with Crippen molar-refractivity contribution in [2.45, 2.75) is 59.0 Å². The number of hydrogen-bond acceptors (Lipinski definition) is 6. The van der Waals surface area contributed by atoms with Crippen LogP contribution in [0.4, 0.5) is 0 Å². The maximum Gasteiger partial charge on any atom is 0.290 e. The Morgan fingerprint density at radius 1 is 1.07 bits per heavy atom. The number of ether oxygens (including phenoxy) is 2. The number of nitrogens with zero attached hydrogens (tertiary/aromatic N) is 1. The van der Waals surface area contributed by atoms with Crippen molar-refractivity contribution in [3.8, 4) is 0 Å². The SMILES string of the molecule is CC1=C(C(=O)NC2CCC(C(=O)NCc3c(C)noc3C)CC2)OCCO1. The lowest BCUT2D eigenvalue weighted by Crippen LogP contribution is -2.42. The molecule has 2 amide bonds. The van der Waals surface area contributed by atoms with Gasteiger partial charge in [0.15, 0.2) is 0 Å². The molecule has 1 fully saturated rings. The van der Waals surface area contributed by atoms with E-state index in [9.17, 15) is 9.59 Å². The van der Waals surface area contributed by atoms with E-state index in [2.05, 4.69) is 15.8 Å². The third-order valence-corrected chi connectivity index (χ3v) is 5.23. The molecular weight excluding hydrogens is 350 g/mol. The number of hydrogen-bond donors (Lipinski definition) is 2. The number of carbonyl (C=O) groups is 2. The average Bonchev–Trinajstić information content (AvgIpc) is 2.98. The Balaban J connectivity index is 1.44. The van der Waals surface area contributed by atoms with Crippen LogP contribution >= 0.6 is 0 Å². The van der Waals surface area contributed by atoms with Crippen molar-refractivity contribution >= 4 is 11.8 Å². The fourth-order valence-corrected chi connectivity index (χ4v) is 3.56. The van der Waals surface area contributed by atoms with Gasteiger partial charge in [-0.15, -0.1) is 0 Å². The Morgan fingerprint density at radius 2 is 1.78 bits per heavy atom. The van der Waals surface area contributed by atoms with Crippen molar-refractivity contribution in [3.05, 3.63) is 28.5 Å². The van der Waals surface area contributed by atoms with Crippen LogP contribution < -0.4 is 10.6 Å². The number of carbonyl (C=O) groups excluding carboxylic acids is 2. The van der Waals surface area contributed by atoms with Crippen LogP contribution in [-0.2, 0) is 25.6 Å². The van der Waals surface area contributed by atoms with Crippen molar-refractivity contribution in [2.75, 3.05) is 13.2 Å². The molecule has 148 valence electrons. The summed E-state index contributed by atoms with van der Waals surface area (Å²) in [6, 6.07) is 0.0509. The molecule has 0 saturated heterocycles. The Labute approximate surface area is 158 Å². The molecule has 0 aromatic carbocycles. The zero-order valence-electron chi connectivity index (χ0n) is 16.1. The standard InChI is InChI=1S/C19H27N3O5/c1-11-16(12(2)27-22-11)10-20-18(23)14-4-6-15(7-5-14)21-19(24)17-13(3)25-8-9-26-17/h14-15H,4-10H2,1-3H3,(H,20,23)(H,21,24). The van der Waals surface area contributed by atoms with Crippen LogP contribution in [0.1, 0.15) is 49.6 Å². The lowest BCUT2D eigenvalue weighted by atomic mass is 9.85. The van der Waals surface area contributed by atoms with E-state index in [0.29, 0.717) is 25.5 Å². The van der Waals surface area contributed by atoms with Gasteiger partial charge in [0.2, 0.25) is 11.7 Å². The van der Waals surface area contributed by atoms with Gasteiger partial charge in [-0.2, -0.15) is 0 Å². The summed E-state index contributed by atoms with van der Waals surface area (Å²) < 4.78 is 15.9. The van der Waals surface area contributed by atoms with Gasteiger partial charge in [0, 0.05) is 24.1 Å². The van der Waals surface area contributed by atoms with E-state index in [4.69, 9.17) is 14.0 Å². The van der Waals surface area contributed by atoms with Crippen molar-refractivity contribution in [1.82, 2.24) is 15.8 Å². The molecule has 0 bridgehead atoms. The van der Waals surface area contributed by atoms with Crippen molar-refractivity contribution in [2.24, 2.45) is 5.92 Å². The lowest BCUT2D eigenvalue weighted by molar-refractivity contribution is -0.126. The summed E-state index contributed by atoms with van der Waals surface area (Å²) in [5.74, 6) is 1.29. The molecule has 2 aliphatic rings. The van der Waals surface area contributed by atoms with E-state index in [1.54, 1.807) is 6.92 Å². The summed E-state index contributed by atoms with van der Waals surface area (Å²) >= 11 is 0. The lowest BCUT2D eigenvalue weighted by Gasteiger charge is -2.29. The molecule has 1 aromatic rings. The maximum absolute atomic E-state index is 12.4. The quantitative estimate of drug-likeness (QED) is 0.812. The zero-order chi connectivity index (χ0) is 19.4. The Hall–Kier alpha value is -2.51. The van der Waals surface area contributed by atoms with E-state index >= 15 is 0 Å². The van der Waals surface area contributed by atoms with Gasteiger partial charge in [-0.3, -0.25) is 9.59 Å². The monoisotopic (exact) mass is 377 g/mol. The van der Waals surface area contributed by atoms with E-state index in [-0.39, 0.29) is 29.5 Å². The number of aryl methyl sites for hydroxylation is 2. The van der Waals surface area contributed by atoms with Crippen molar-refractivity contribution in [1.29, 1.82) is 0 Å². The first-order valence-electron chi connectivity index (χ1n) is 9.42. The second-order valence-electron chi connectivity index (χ2n) is 7.12. The molecule has 8 heteroatoms. The molecule has 0 atom stereocenters. The van der Waals surface area contributed by atoms with Crippen molar-refractivity contribution < 1.29 is 23.6 Å². The minimum atomic E-state index is -0.237. The molecule has 1 saturated carbocycles. The van der Waals surface area contributed by atoms with Crippen LogP contribution in [0.5, 0.6) is 0 Å². The summed E-state index contributed by atoms with van der Waals surface area (Å²) in [5.41, 5.74) is 1.74. The molecule has 0 radical (unpaired) electrons. The van der Waals surface area contributed by atoms with E-state index in [1.807, 2.05) is 13.8 Å². The first-order chi connectivity index (χ1) is 13.0. The summed E-state index contributed by atoms with van der Waals surface area (Å²) in [7, 11) is 0. The van der Waals surface area contributed by atoms with Crippen LogP contribution in [0.25, 0.3) is 0 Å². The highest BCUT2D eigenvalue weighted by Crippen LogP contribution is 2.25. The average molecular weight is 377 g/mol. The minimum Gasteiger partial charge on any atom is -0.491 e. The molecule has 1 aliphatic carbocycles. The van der Waals surface area contributed by atoms with Gasteiger partial charge < -0.3 is 24.6 Å². The summed E-state index contributed by atoms with van der Waals surface area (Å²) in [4.78, 5) is 24.8. The molecule has 27 heavy (non-hydrogen) atoms. The molecule has 0 spiro atoms. The van der Waals surface area contributed by atoms with Gasteiger partial charge in [0.25, 0.3) is 5.91 Å². The molecule has 3 rings (SSSR count). The Morgan fingerprint density at radius 3 is 2.41 bits per heavy atom. The topological polar surface area (TPSA) is 103 Å². The van der Waals surface area contributed by atoms with E-state index < -0.39 is 0 Å². The third kappa shape index (κ3) is 4.61. The first kappa shape index (κ1) is 19.3. The van der Waals surface area contributed by atoms with E-state index in [1.165, 1.54) is 0 Å².